The molecule has 5 nitrogen and oxygen atoms in total. The smallest absolute Gasteiger partial charge is 0.224 e. The number of carbonyl (C=O) groups is 1. The van der Waals surface area contributed by atoms with E-state index in [0.717, 1.165) is 0 Å². The van der Waals surface area contributed by atoms with Crippen molar-refractivity contribution in [1.29, 1.82) is 0 Å². The molecular weight excluding hydrogens is 230 g/mol. The van der Waals surface area contributed by atoms with Crippen LogP contribution in [-0.2, 0) is 14.6 Å². The number of rotatable bonds is 4. The number of hydrogen-bond donors (Lipinski definition) is 2. The minimum absolute atomic E-state index is 0.0414. The van der Waals surface area contributed by atoms with Crippen molar-refractivity contribution in [2.75, 3.05) is 11.5 Å². The number of nitrogens with one attached hydrogen (secondary N) is 1. The lowest BCUT2D eigenvalue weighted by molar-refractivity contribution is -0.125. The van der Waals surface area contributed by atoms with E-state index in [9.17, 15) is 13.2 Å². The molecular formula is C10H19NO4S. The van der Waals surface area contributed by atoms with Crippen LogP contribution in [0.2, 0.25) is 0 Å². The maximum Gasteiger partial charge on any atom is 0.224 e. The van der Waals surface area contributed by atoms with E-state index in [-0.39, 0.29) is 23.5 Å². The summed E-state index contributed by atoms with van der Waals surface area (Å²) in [5.41, 5.74) is 0. The van der Waals surface area contributed by atoms with Gasteiger partial charge in [-0.05, 0) is 26.7 Å². The van der Waals surface area contributed by atoms with Crippen LogP contribution < -0.4 is 5.32 Å². The molecule has 94 valence electrons. The molecule has 1 rings (SSSR count). The molecule has 1 saturated heterocycles. The van der Waals surface area contributed by atoms with Gasteiger partial charge in [-0.2, -0.15) is 0 Å². The van der Waals surface area contributed by atoms with Gasteiger partial charge in [0.25, 0.3) is 0 Å². The highest BCUT2D eigenvalue weighted by Gasteiger charge is 2.33. The number of carbonyl (C=O) groups excluding carboxylic acids is 1. The summed E-state index contributed by atoms with van der Waals surface area (Å²) in [5.74, 6) is -0.563. The number of aliphatic hydroxyl groups excluding tert-OH is 1. The largest absolute Gasteiger partial charge is 0.393 e. The lowest BCUT2D eigenvalue weighted by Gasteiger charge is -2.17. The maximum absolute atomic E-state index is 11.7. The van der Waals surface area contributed by atoms with Crippen molar-refractivity contribution >= 4 is 15.7 Å². The van der Waals surface area contributed by atoms with E-state index in [1.165, 1.54) is 0 Å². The average Bonchev–Trinajstić information content (AvgIpc) is 2.44. The van der Waals surface area contributed by atoms with Crippen molar-refractivity contribution in [2.24, 2.45) is 5.92 Å². The Labute approximate surface area is 96.1 Å². The first-order chi connectivity index (χ1) is 7.30. The predicted octanol–water partition coefficient (Wildman–Crippen LogP) is -0.303. The Morgan fingerprint density at radius 2 is 2.12 bits per heavy atom. The summed E-state index contributed by atoms with van der Waals surface area (Å²) in [6, 6.07) is -0.129. The molecule has 1 amide bonds. The molecule has 2 N–H and O–H groups in total. The monoisotopic (exact) mass is 249 g/mol. The van der Waals surface area contributed by atoms with Crippen LogP contribution in [-0.4, -0.2) is 43.1 Å². The van der Waals surface area contributed by atoms with E-state index in [1.54, 1.807) is 13.8 Å². The first-order valence-corrected chi connectivity index (χ1v) is 7.31. The zero-order chi connectivity index (χ0) is 12.3. The maximum atomic E-state index is 11.7. The SMILES string of the molecule is CC(O)CC(C)NC(=O)C1CCS(=O)(=O)C1. The number of aliphatic hydroxyl groups is 1. The average molecular weight is 249 g/mol. The van der Waals surface area contributed by atoms with Crippen LogP contribution in [0, 0.1) is 5.92 Å². The molecule has 3 atom stereocenters. The van der Waals surface area contributed by atoms with Crippen LogP contribution in [0.5, 0.6) is 0 Å². The van der Waals surface area contributed by atoms with E-state index in [2.05, 4.69) is 5.32 Å². The van der Waals surface area contributed by atoms with E-state index in [1.807, 2.05) is 0 Å². The zero-order valence-corrected chi connectivity index (χ0v) is 10.5. The van der Waals surface area contributed by atoms with Crippen molar-refractivity contribution in [3.8, 4) is 0 Å². The third-order valence-electron chi connectivity index (χ3n) is 2.69. The molecule has 1 aliphatic rings. The molecule has 0 saturated carbocycles. The van der Waals surface area contributed by atoms with Crippen LogP contribution in [0.15, 0.2) is 0 Å². The Morgan fingerprint density at radius 1 is 1.50 bits per heavy atom. The standard InChI is InChI=1S/C10H19NO4S/c1-7(5-8(2)12)11-10(13)9-3-4-16(14,15)6-9/h7-9,12H,3-6H2,1-2H3,(H,11,13). The highest BCUT2D eigenvalue weighted by molar-refractivity contribution is 7.91. The molecule has 6 heteroatoms. The van der Waals surface area contributed by atoms with Crippen molar-refractivity contribution < 1.29 is 18.3 Å². The Balaban J connectivity index is 2.42. The molecule has 1 fully saturated rings. The Kier molecular flexibility index (Phi) is 4.32. The molecule has 0 aliphatic carbocycles. The number of sulfone groups is 1. The fourth-order valence-electron chi connectivity index (χ4n) is 1.93. The summed E-state index contributed by atoms with van der Waals surface area (Å²) in [7, 11) is -3.01. The van der Waals surface area contributed by atoms with Gasteiger partial charge < -0.3 is 10.4 Å². The van der Waals surface area contributed by atoms with Crippen LogP contribution in [0.4, 0.5) is 0 Å². The second-order valence-corrected chi connectivity index (χ2v) is 6.82. The van der Waals surface area contributed by atoms with Gasteiger partial charge in [-0.1, -0.05) is 0 Å². The molecule has 0 aromatic carbocycles. The minimum Gasteiger partial charge on any atom is -0.393 e. The summed E-state index contributed by atoms with van der Waals surface area (Å²) < 4.78 is 22.4. The highest BCUT2D eigenvalue weighted by Crippen LogP contribution is 2.18. The number of amides is 1. The molecule has 1 heterocycles. The topological polar surface area (TPSA) is 83.5 Å². The first kappa shape index (κ1) is 13.4. The van der Waals surface area contributed by atoms with E-state index in [4.69, 9.17) is 5.11 Å². The molecule has 0 radical (unpaired) electrons. The van der Waals surface area contributed by atoms with Crippen LogP contribution in [0.25, 0.3) is 0 Å². The summed E-state index contributed by atoms with van der Waals surface area (Å²) in [6.07, 6.45) is 0.420. The third kappa shape index (κ3) is 4.09. The van der Waals surface area contributed by atoms with Gasteiger partial charge in [0, 0.05) is 6.04 Å². The number of hydrogen-bond acceptors (Lipinski definition) is 4. The lowest BCUT2D eigenvalue weighted by Crippen LogP contribution is -2.39. The molecule has 3 unspecified atom stereocenters. The van der Waals surface area contributed by atoms with E-state index in [0.29, 0.717) is 12.8 Å². The third-order valence-corrected chi connectivity index (χ3v) is 4.45. The van der Waals surface area contributed by atoms with Gasteiger partial charge in [-0.15, -0.1) is 0 Å². The van der Waals surface area contributed by atoms with Crippen LogP contribution in [0.1, 0.15) is 26.7 Å². The van der Waals surface area contributed by atoms with Gasteiger partial charge >= 0.3 is 0 Å². The van der Waals surface area contributed by atoms with Gasteiger partial charge in [-0.25, -0.2) is 8.42 Å². The van der Waals surface area contributed by atoms with Crippen molar-refractivity contribution in [3.05, 3.63) is 0 Å². The minimum atomic E-state index is -3.01. The fourth-order valence-corrected chi connectivity index (χ4v) is 3.67. The molecule has 0 aromatic heterocycles. The van der Waals surface area contributed by atoms with Gasteiger partial charge in [0.1, 0.15) is 0 Å². The van der Waals surface area contributed by atoms with E-state index < -0.39 is 21.9 Å². The summed E-state index contributed by atoms with van der Waals surface area (Å²) >= 11 is 0. The van der Waals surface area contributed by atoms with Crippen LogP contribution >= 0.6 is 0 Å². The highest BCUT2D eigenvalue weighted by atomic mass is 32.2. The fraction of sp³-hybridized carbons (Fsp3) is 0.900. The normalized spacial score (nSPS) is 27.3. The van der Waals surface area contributed by atoms with Gasteiger partial charge in [0.05, 0.1) is 23.5 Å². The summed E-state index contributed by atoms with van der Waals surface area (Å²) in [6.45, 7) is 3.46. The Bertz CT molecular complexity index is 350. The quantitative estimate of drug-likeness (QED) is 0.716. The first-order valence-electron chi connectivity index (χ1n) is 5.49. The molecule has 0 bridgehead atoms. The summed E-state index contributed by atoms with van der Waals surface area (Å²) in [4.78, 5) is 11.7. The predicted molar refractivity (Wildman–Crippen MR) is 60.7 cm³/mol. The van der Waals surface area contributed by atoms with Crippen molar-refractivity contribution in [3.63, 3.8) is 0 Å². The molecule has 16 heavy (non-hydrogen) atoms. The molecule has 1 aliphatic heterocycles. The second kappa shape index (κ2) is 5.14. The van der Waals surface area contributed by atoms with E-state index >= 15 is 0 Å². The van der Waals surface area contributed by atoms with Gasteiger partial charge in [0.15, 0.2) is 9.84 Å². The second-order valence-electron chi connectivity index (χ2n) is 4.59. The van der Waals surface area contributed by atoms with Crippen molar-refractivity contribution in [1.82, 2.24) is 5.32 Å². The van der Waals surface area contributed by atoms with Crippen LogP contribution in [0.3, 0.4) is 0 Å². The van der Waals surface area contributed by atoms with Crippen molar-refractivity contribution in [2.45, 2.75) is 38.8 Å². The van der Waals surface area contributed by atoms with Gasteiger partial charge in [0.2, 0.25) is 5.91 Å². The Hall–Kier alpha value is -0.620. The van der Waals surface area contributed by atoms with Gasteiger partial charge in [-0.3, -0.25) is 4.79 Å². The Morgan fingerprint density at radius 3 is 2.56 bits per heavy atom. The zero-order valence-electron chi connectivity index (χ0n) is 9.64. The molecule has 0 aromatic rings. The molecule has 0 spiro atoms. The summed E-state index contributed by atoms with van der Waals surface area (Å²) in [5, 5.41) is 11.9. The lowest BCUT2D eigenvalue weighted by atomic mass is 10.1.